The topological polar surface area (TPSA) is 79.5 Å². The van der Waals surface area contributed by atoms with Crippen molar-refractivity contribution in [3.05, 3.63) is 53.4 Å². The van der Waals surface area contributed by atoms with E-state index < -0.39 is 0 Å². The van der Waals surface area contributed by atoms with Gasteiger partial charge in [0.05, 0.1) is 6.42 Å². The molecule has 1 saturated heterocycles. The Morgan fingerprint density at radius 1 is 1.11 bits per heavy atom. The number of amides is 1. The summed E-state index contributed by atoms with van der Waals surface area (Å²) >= 11 is 0. The third-order valence-corrected chi connectivity index (χ3v) is 5.20. The number of aromatic nitrogens is 5. The van der Waals surface area contributed by atoms with Gasteiger partial charge in [0.25, 0.3) is 5.78 Å². The van der Waals surface area contributed by atoms with Crippen molar-refractivity contribution in [3.63, 3.8) is 0 Å². The number of hydrogen-bond donors (Lipinski definition) is 0. The number of aryl methyl sites for hydroxylation is 2. The van der Waals surface area contributed by atoms with Crippen molar-refractivity contribution in [2.45, 2.75) is 26.8 Å². The zero-order valence-corrected chi connectivity index (χ0v) is 15.7. The molecular weight excluding hydrogens is 342 g/mol. The zero-order valence-electron chi connectivity index (χ0n) is 15.7. The molecule has 0 aliphatic carbocycles. The number of hydrogen-bond acceptors (Lipinski definition) is 6. The first-order valence-corrected chi connectivity index (χ1v) is 9.16. The molecule has 27 heavy (non-hydrogen) atoms. The van der Waals surface area contributed by atoms with Crippen molar-refractivity contribution in [1.82, 2.24) is 34.4 Å². The number of fused-ring (bicyclic) bond motifs is 1. The summed E-state index contributed by atoms with van der Waals surface area (Å²) in [5.74, 6) is 0.719. The summed E-state index contributed by atoms with van der Waals surface area (Å²) in [7, 11) is 0. The molecule has 1 aliphatic heterocycles. The van der Waals surface area contributed by atoms with Gasteiger partial charge < -0.3 is 4.90 Å². The highest BCUT2D eigenvalue weighted by Crippen LogP contribution is 2.16. The molecule has 3 aromatic rings. The van der Waals surface area contributed by atoms with Crippen LogP contribution in [0.4, 0.5) is 0 Å². The Morgan fingerprint density at radius 2 is 1.85 bits per heavy atom. The second-order valence-corrected chi connectivity index (χ2v) is 6.92. The van der Waals surface area contributed by atoms with E-state index in [2.05, 4.69) is 25.0 Å². The second kappa shape index (κ2) is 7.40. The highest BCUT2D eigenvalue weighted by molar-refractivity contribution is 5.79. The standard InChI is InChI=1S/C19H23N7O/c1-14-17(15(2)26-19(23-14)21-13-22-26)11-18(27)25-9-7-24(8-10-25)12-16-3-5-20-6-4-16/h3-6,13H,7-12H2,1-2H3. The van der Waals surface area contributed by atoms with Gasteiger partial charge in [0.1, 0.15) is 6.33 Å². The van der Waals surface area contributed by atoms with Crippen LogP contribution in [0.15, 0.2) is 30.9 Å². The van der Waals surface area contributed by atoms with Crippen LogP contribution in [0, 0.1) is 13.8 Å². The minimum atomic E-state index is 0.144. The molecule has 0 spiro atoms. The van der Waals surface area contributed by atoms with Crippen LogP contribution in [-0.2, 0) is 17.8 Å². The molecule has 1 amide bonds. The van der Waals surface area contributed by atoms with Crippen LogP contribution >= 0.6 is 0 Å². The van der Waals surface area contributed by atoms with Gasteiger partial charge >= 0.3 is 0 Å². The van der Waals surface area contributed by atoms with E-state index in [4.69, 9.17) is 0 Å². The van der Waals surface area contributed by atoms with Crippen LogP contribution in [-0.4, -0.2) is 66.5 Å². The summed E-state index contributed by atoms with van der Waals surface area (Å²) in [4.78, 5) is 29.8. The molecule has 1 aliphatic rings. The summed E-state index contributed by atoms with van der Waals surface area (Å²) in [6, 6.07) is 4.08. The van der Waals surface area contributed by atoms with Gasteiger partial charge in [-0.25, -0.2) is 9.50 Å². The quantitative estimate of drug-likeness (QED) is 0.687. The van der Waals surface area contributed by atoms with Crippen molar-refractivity contribution in [2.75, 3.05) is 26.2 Å². The number of rotatable bonds is 4. The lowest BCUT2D eigenvalue weighted by atomic mass is 10.1. The fraction of sp³-hybridized carbons (Fsp3) is 0.421. The van der Waals surface area contributed by atoms with Gasteiger partial charge in [0.2, 0.25) is 5.91 Å². The molecule has 4 rings (SSSR count). The molecule has 3 aromatic heterocycles. The van der Waals surface area contributed by atoms with E-state index in [1.807, 2.05) is 43.3 Å². The molecule has 0 radical (unpaired) electrons. The number of carbonyl (C=O) groups excluding carboxylic acids is 1. The summed E-state index contributed by atoms with van der Waals surface area (Å²) in [5, 5.41) is 4.20. The van der Waals surface area contributed by atoms with Gasteiger partial charge in [-0.3, -0.25) is 14.7 Å². The average Bonchev–Trinajstić information content (AvgIpc) is 3.15. The van der Waals surface area contributed by atoms with Crippen LogP contribution in [0.3, 0.4) is 0 Å². The molecule has 0 unspecified atom stereocenters. The number of piperazine rings is 1. The van der Waals surface area contributed by atoms with Crippen molar-refractivity contribution in [3.8, 4) is 0 Å². The normalized spacial score (nSPS) is 15.4. The van der Waals surface area contributed by atoms with Gasteiger partial charge in [0.15, 0.2) is 0 Å². The number of carbonyl (C=O) groups is 1. The summed E-state index contributed by atoms with van der Waals surface area (Å²) in [6.45, 7) is 8.05. The van der Waals surface area contributed by atoms with Crippen molar-refractivity contribution < 1.29 is 4.79 Å². The summed E-state index contributed by atoms with van der Waals surface area (Å²) in [5.41, 5.74) is 3.97. The van der Waals surface area contributed by atoms with E-state index in [0.717, 1.165) is 49.7 Å². The highest BCUT2D eigenvalue weighted by atomic mass is 16.2. The third-order valence-electron chi connectivity index (χ3n) is 5.20. The van der Waals surface area contributed by atoms with Gasteiger partial charge in [-0.2, -0.15) is 10.1 Å². The molecule has 0 bridgehead atoms. The minimum Gasteiger partial charge on any atom is -0.340 e. The molecule has 8 nitrogen and oxygen atoms in total. The molecule has 0 N–H and O–H groups in total. The second-order valence-electron chi connectivity index (χ2n) is 6.92. The Hall–Kier alpha value is -2.87. The monoisotopic (exact) mass is 365 g/mol. The first-order chi connectivity index (χ1) is 13.1. The maximum absolute atomic E-state index is 12.8. The first kappa shape index (κ1) is 17.5. The van der Waals surface area contributed by atoms with E-state index >= 15 is 0 Å². The van der Waals surface area contributed by atoms with Gasteiger partial charge in [0, 0.05) is 62.1 Å². The van der Waals surface area contributed by atoms with E-state index in [1.54, 1.807) is 4.52 Å². The lowest BCUT2D eigenvalue weighted by Gasteiger charge is -2.35. The Morgan fingerprint density at radius 3 is 2.59 bits per heavy atom. The largest absolute Gasteiger partial charge is 0.340 e. The van der Waals surface area contributed by atoms with Gasteiger partial charge in [-0.1, -0.05) is 0 Å². The Kier molecular flexibility index (Phi) is 4.81. The molecule has 140 valence electrons. The predicted octanol–water partition coefficient (Wildman–Crippen LogP) is 1.02. The van der Waals surface area contributed by atoms with Crippen LogP contribution in [0.25, 0.3) is 5.78 Å². The van der Waals surface area contributed by atoms with Gasteiger partial charge in [-0.05, 0) is 31.5 Å². The third kappa shape index (κ3) is 3.66. The molecule has 1 fully saturated rings. The minimum absolute atomic E-state index is 0.144. The van der Waals surface area contributed by atoms with E-state index in [9.17, 15) is 4.79 Å². The number of pyridine rings is 1. The maximum Gasteiger partial charge on any atom is 0.252 e. The lowest BCUT2D eigenvalue weighted by molar-refractivity contribution is -0.132. The average molecular weight is 365 g/mol. The van der Waals surface area contributed by atoms with Crippen LogP contribution in [0.2, 0.25) is 0 Å². The first-order valence-electron chi connectivity index (χ1n) is 9.16. The molecule has 4 heterocycles. The smallest absolute Gasteiger partial charge is 0.252 e. The highest BCUT2D eigenvalue weighted by Gasteiger charge is 2.23. The fourth-order valence-electron chi connectivity index (χ4n) is 3.58. The predicted molar refractivity (Wildman–Crippen MR) is 100 cm³/mol. The molecule has 0 aromatic carbocycles. The van der Waals surface area contributed by atoms with Crippen LogP contribution < -0.4 is 0 Å². The van der Waals surface area contributed by atoms with Crippen molar-refractivity contribution in [1.29, 1.82) is 0 Å². The number of nitrogens with zero attached hydrogens (tertiary/aromatic N) is 7. The summed E-state index contributed by atoms with van der Waals surface area (Å²) < 4.78 is 1.70. The maximum atomic E-state index is 12.8. The Balaban J connectivity index is 1.39. The molecule has 0 atom stereocenters. The van der Waals surface area contributed by atoms with Crippen LogP contribution in [0.1, 0.15) is 22.5 Å². The lowest BCUT2D eigenvalue weighted by Crippen LogP contribution is -2.48. The molecular formula is C19H23N7O. The van der Waals surface area contributed by atoms with E-state index in [0.29, 0.717) is 12.2 Å². The Bertz CT molecular complexity index is 945. The van der Waals surface area contributed by atoms with Gasteiger partial charge in [-0.15, -0.1) is 0 Å². The van der Waals surface area contributed by atoms with Crippen LogP contribution in [0.5, 0.6) is 0 Å². The zero-order chi connectivity index (χ0) is 18.8. The van der Waals surface area contributed by atoms with E-state index in [1.165, 1.54) is 11.9 Å². The Labute approximate surface area is 157 Å². The molecule has 0 saturated carbocycles. The fourth-order valence-corrected chi connectivity index (χ4v) is 3.58. The summed E-state index contributed by atoms with van der Waals surface area (Å²) in [6.07, 6.45) is 5.48. The van der Waals surface area contributed by atoms with E-state index in [-0.39, 0.29) is 5.91 Å². The van der Waals surface area contributed by atoms with Crippen molar-refractivity contribution >= 4 is 11.7 Å². The SMILES string of the molecule is Cc1nc2ncnn2c(C)c1CC(=O)N1CCN(Cc2ccncc2)CC1. The van der Waals surface area contributed by atoms with Crippen molar-refractivity contribution in [2.24, 2.45) is 0 Å². The molecule has 8 heteroatoms.